The molecule has 2 bridgehead atoms. The fraction of sp³-hybridized carbons (Fsp3) is 0.400. The number of nitrogens with zero attached hydrogens (tertiary/aromatic N) is 1. The first kappa shape index (κ1) is 23.1. The van der Waals surface area contributed by atoms with Crippen LogP contribution < -0.4 is 5.32 Å². The van der Waals surface area contributed by atoms with Crippen molar-refractivity contribution in [2.45, 2.75) is 35.5 Å². The lowest BCUT2D eigenvalue weighted by Crippen LogP contribution is -2.49. The molecule has 7 atom stereocenters. The fourth-order valence-electron chi connectivity index (χ4n) is 5.71. The monoisotopic (exact) mass is 592 g/mol. The quantitative estimate of drug-likeness (QED) is 0.393. The summed E-state index contributed by atoms with van der Waals surface area (Å²) in [5.74, 6) is -1.36. The predicted molar refractivity (Wildman–Crippen MR) is 135 cm³/mol. The molecule has 2 aromatic carbocycles. The van der Waals surface area contributed by atoms with Gasteiger partial charge in [0.25, 0.3) is 0 Å². The van der Waals surface area contributed by atoms with Gasteiger partial charge in [0.05, 0.1) is 11.8 Å². The number of aryl methyl sites for hydroxylation is 1. The zero-order valence-electron chi connectivity index (χ0n) is 17.9. The SMILES string of the molecule is Cc1ccc(NC(=O)[C@H](Cc2ccccc2)N2C(=O)[C@@H]3[C@H]4C[C@@H]([C@H](Br)[C@@H]4Br)[C@@H]3C2=O)cc1Cl. The third-order valence-electron chi connectivity index (χ3n) is 7.35. The lowest BCUT2D eigenvalue weighted by atomic mass is 9.81. The second kappa shape index (κ2) is 8.82. The van der Waals surface area contributed by atoms with E-state index in [-0.39, 0.29) is 51.6 Å². The van der Waals surface area contributed by atoms with E-state index >= 15 is 0 Å². The summed E-state index contributed by atoms with van der Waals surface area (Å²) in [5, 5.41) is 3.42. The first-order chi connectivity index (χ1) is 15.8. The van der Waals surface area contributed by atoms with E-state index in [2.05, 4.69) is 37.2 Å². The molecular formula is C25H23Br2ClN2O3. The van der Waals surface area contributed by atoms with Gasteiger partial charge in [-0.25, -0.2) is 0 Å². The Bertz CT molecular complexity index is 1100. The summed E-state index contributed by atoms with van der Waals surface area (Å²) >= 11 is 13.7. The number of hydrogen-bond donors (Lipinski definition) is 1. The molecule has 8 heteroatoms. The minimum absolute atomic E-state index is 0.0992. The zero-order chi connectivity index (χ0) is 23.4. The number of rotatable bonds is 5. The molecule has 33 heavy (non-hydrogen) atoms. The number of anilines is 1. The van der Waals surface area contributed by atoms with Crippen molar-refractivity contribution in [3.05, 3.63) is 64.7 Å². The van der Waals surface area contributed by atoms with E-state index in [0.29, 0.717) is 10.7 Å². The summed E-state index contributed by atoms with van der Waals surface area (Å²) in [5.41, 5.74) is 2.32. The van der Waals surface area contributed by atoms with Crippen molar-refractivity contribution >= 4 is 66.9 Å². The normalized spacial score (nSPS) is 31.1. The highest BCUT2D eigenvalue weighted by Crippen LogP contribution is 2.60. The highest BCUT2D eigenvalue weighted by Gasteiger charge is 2.67. The van der Waals surface area contributed by atoms with Crippen molar-refractivity contribution in [3.8, 4) is 0 Å². The number of benzene rings is 2. The number of hydrogen-bond acceptors (Lipinski definition) is 3. The Morgan fingerprint density at radius 2 is 1.67 bits per heavy atom. The largest absolute Gasteiger partial charge is 0.324 e. The summed E-state index contributed by atoms with van der Waals surface area (Å²) < 4.78 is 0. The van der Waals surface area contributed by atoms with Crippen LogP contribution in [0.5, 0.6) is 0 Å². The summed E-state index contributed by atoms with van der Waals surface area (Å²) in [7, 11) is 0. The second-order valence-electron chi connectivity index (χ2n) is 9.21. The molecule has 2 aliphatic carbocycles. The smallest absolute Gasteiger partial charge is 0.248 e. The van der Waals surface area contributed by atoms with Gasteiger partial charge in [0.2, 0.25) is 17.7 Å². The Balaban J connectivity index is 1.47. The molecule has 3 amide bonds. The van der Waals surface area contributed by atoms with Crippen LogP contribution in [-0.4, -0.2) is 38.3 Å². The molecule has 3 fully saturated rings. The van der Waals surface area contributed by atoms with Gasteiger partial charge in [-0.15, -0.1) is 0 Å². The molecule has 0 spiro atoms. The van der Waals surface area contributed by atoms with Crippen LogP contribution in [0.15, 0.2) is 48.5 Å². The first-order valence-corrected chi connectivity index (χ1v) is 13.2. The van der Waals surface area contributed by atoms with Crippen molar-refractivity contribution in [3.63, 3.8) is 0 Å². The van der Waals surface area contributed by atoms with Gasteiger partial charge in [-0.2, -0.15) is 0 Å². The average Bonchev–Trinajstić information content (AvgIpc) is 3.40. The third kappa shape index (κ3) is 3.86. The summed E-state index contributed by atoms with van der Waals surface area (Å²) in [4.78, 5) is 42.2. The van der Waals surface area contributed by atoms with Crippen LogP contribution >= 0.6 is 43.5 Å². The van der Waals surface area contributed by atoms with Crippen LogP contribution in [0.4, 0.5) is 5.69 Å². The maximum atomic E-state index is 13.6. The fourth-order valence-corrected chi connectivity index (χ4v) is 7.77. The molecule has 0 aromatic heterocycles. The number of nitrogens with one attached hydrogen (secondary N) is 1. The molecule has 172 valence electrons. The van der Waals surface area contributed by atoms with Crippen LogP contribution in [0.2, 0.25) is 5.02 Å². The molecule has 5 nitrogen and oxygen atoms in total. The molecule has 1 heterocycles. The van der Waals surface area contributed by atoms with Crippen LogP contribution in [0.25, 0.3) is 0 Å². The molecule has 3 aliphatic rings. The number of likely N-dealkylation sites (tertiary alicyclic amines) is 1. The minimum Gasteiger partial charge on any atom is -0.324 e. The zero-order valence-corrected chi connectivity index (χ0v) is 21.8. The van der Waals surface area contributed by atoms with Gasteiger partial charge in [0.15, 0.2) is 0 Å². The van der Waals surface area contributed by atoms with E-state index in [1.54, 1.807) is 12.1 Å². The van der Waals surface area contributed by atoms with E-state index in [1.165, 1.54) is 4.90 Å². The molecule has 2 saturated carbocycles. The number of fused-ring (bicyclic) bond motifs is 5. The summed E-state index contributed by atoms with van der Waals surface area (Å²) in [6.45, 7) is 1.88. The Kier molecular flexibility index (Phi) is 6.17. The van der Waals surface area contributed by atoms with Crippen molar-refractivity contribution < 1.29 is 14.4 Å². The van der Waals surface area contributed by atoms with Crippen molar-refractivity contribution in [2.75, 3.05) is 5.32 Å². The van der Waals surface area contributed by atoms with Crippen LogP contribution in [0.1, 0.15) is 17.5 Å². The molecule has 0 unspecified atom stereocenters. The van der Waals surface area contributed by atoms with Crippen molar-refractivity contribution in [1.29, 1.82) is 0 Å². The number of carbonyl (C=O) groups is 3. The topological polar surface area (TPSA) is 66.5 Å². The van der Waals surface area contributed by atoms with Gasteiger partial charge in [0.1, 0.15) is 6.04 Å². The highest BCUT2D eigenvalue weighted by molar-refractivity contribution is 9.12. The van der Waals surface area contributed by atoms with E-state index in [4.69, 9.17) is 11.6 Å². The molecule has 1 saturated heterocycles. The number of amides is 3. The van der Waals surface area contributed by atoms with E-state index in [0.717, 1.165) is 17.5 Å². The number of alkyl halides is 2. The first-order valence-electron chi connectivity index (χ1n) is 11.0. The number of imide groups is 1. The lowest BCUT2D eigenvalue weighted by molar-refractivity contribution is -0.147. The van der Waals surface area contributed by atoms with Crippen LogP contribution in [-0.2, 0) is 20.8 Å². The number of carbonyl (C=O) groups excluding carboxylic acids is 3. The molecule has 0 radical (unpaired) electrons. The molecule has 1 N–H and O–H groups in total. The molecular weight excluding hydrogens is 572 g/mol. The maximum Gasteiger partial charge on any atom is 0.248 e. The van der Waals surface area contributed by atoms with Gasteiger partial charge in [-0.3, -0.25) is 19.3 Å². The van der Waals surface area contributed by atoms with Gasteiger partial charge < -0.3 is 5.32 Å². The van der Waals surface area contributed by atoms with Crippen LogP contribution in [0, 0.1) is 30.6 Å². The maximum absolute atomic E-state index is 13.6. The predicted octanol–water partition coefficient (Wildman–Crippen LogP) is 4.98. The average molecular weight is 595 g/mol. The van der Waals surface area contributed by atoms with Gasteiger partial charge in [0, 0.05) is 26.8 Å². The van der Waals surface area contributed by atoms with Gasteiger partial charge >= 0.3 is 0 Å². The Morgan fingerprint density at radius 1 is 1.06 bits per heavy atom. The van der Waals surface area contributed by atoms with Crippen LogP contribution in [0.3, 0.4) is 0 Å². The Labute approximate surface area is 214 Å². The Hall–Kier alpha value is -1.70. The molecule has 2 aromatic rings. The minimum atomic E-state index is -0.931. The van der Waals surface area contributed by atoms with Gasteiger partial charge in [-0.1, -0.05) is 79.9 Å². The van der Waals surface area contributed by atoms with Crippen molar-refractivity contribution in [1.82, 2.24) is 4.90 Å². The lowest BCUT2D eigenvalue weighted by Gasteiger charge is -2.28. The van der Waals surface area contributed by atoms with E-state index < -0.39 is 11.9 Å². The third-order valence-corrected chi connectivity index (χ3v) is 11.0. The summed E-state index contributed by atoms with van der Waals surface area (Å²) in [6.07, 6.45) is 1.11. The van der Waals surface area contributed by atoms with E-state index in [1.807, 2.05) is 43.3 Å². The Morgan fingerprint density at radius 3 is 2.24 bits per heavy atom. The second-order valence-corrected chi connectivity index (χ2v) is 11.7. The molecule has 1 aliphatic heterocycles. The number of halogens is 3. The van der Waals surface area contributed by atoms with Crippen molar-refractivity contribution in [2.24, 2.45) is 23.7 Å². The molecule has 5 rings (SSSR count). The van der Waals surface area contributed by atoms with E-state index in [9.17, 15) is 14.4 Å². The summed E-state index contributed by atoms with van der Waals surface area (Å²) in [6, 6.07) is 13.8. The highest BCUT2D eigenvalue weighted by atomic mass is 79.9. The standard InChI is InChI=1S/C25H23Br2ClN2O3/c1-12-7-8-14(10-17(12)28)29-23(31)18(9-13-5-3-2-4-6-13)30-24(32)19-15-11-16(20(19)25(30)33)22(27)21(15)26/h2-8,10,15-16,18-22H,9,11H2,1H3,(H,29,31)/t15-,16-,18+,19-,20+,21-,22+/m1/s1. The van der Waals surface area contributed by atoms with Gasteiger partial charge in [-0.05, 0) is 48.4 Å².